The van der Waals surface area contributed by atoms with E-state index in [-0.39, 0.29) is 5.91 Å². The summed E-state index contributed by atoms with van der Waals surface area (Å²) >= 11 is 5.92. The lowest BCUT2D eigenvalue weighted by molar-refractivity contribution is 0.0394. The second-order valence-corrected chi connectivity index (χ2v) is 7.26. The summed E-state index contributed by atoms with van der Waals surface area (Å²) in [6.07, 6.45) is 0.980. The standard InChI is InChI=1S/C22H27ClN4O2/c1-2-17-3-9-20(10-4-17)25-22(24-11-12-27-13-15-29-16-14-27)26-21(28)18-5-7-19(23)8-6-18/h3-10H,2,11-16H2,1H3,(H2,24,25,26,28). The van der Waals surface area contributed by atoms with Gasteiger partial charge in [0, 0.05) is 35.9 Å². The van der Waals surface area contributed by atoms with E-state index in [0.717, 1.165) is 45.0 Å². The molecule has 154 valence electrons. The lowest BCUT2D eigenvalue weighted by atomic mass is 10.1. The van der Waals surface area contributed by atoms with Crippen molar-refractivity contribution in [1.29, 1.82) is 0 Å². The number of benzene rings is 2. The van der Waals surface area contributed by atoms with Crippen LogP contribution in [-0.2, 0) is 11.2 Å². The van der Waals surface area contributed by atoms with Crippen molar-refractivity contribution >= 4 is 29.2 Å². The number of carbonyl (C=O) groups is 1. The number of hydrogen-bond donors (Lipinski definition) is 2. The van der Waals surface area contributed by atoms with Crippen LogP contribution in [0.25, 0.3) is 0 Å². The summed E-state index contributed by atoms with van der Waals surface area (Å²) in [6, 6.07) is 14.9. The van der Waals surface area contributed by atoms with Crippen molar-refractivity contribution in [2.75, 3.05) is 44.7 Å². The van der Waals surface area contributed by atoms with Crippen molar-refractivity contribution in [2.45, 2.75) is 13.3 Å². The molecule has 6 nitrogen and oxygen atoms in total. The molecule has 0 bridgehead atoms. The van der Waals surface area contributed by atoms with Crippen molar-refractivity contribution in [1.82, 2.24) is 10.2 Å². The van der Waals surface area contributed by atoms with Gasteiger partial charge < -0.3 is 10.1 Å². The number of hydrogen-bond acceptors (Lipinski definition) is 4. The Bertz CT molecular complexity index is 816. The molecule has 0 atom stereocenters. The average Bonchev–Trinajstić information content (AvgIpc) is 2.75. The number of aryl methyl sites for hydroxylation is 1. The number of aliphatic imine (C=N–C) groups is 1. The molecule has 1 saturated heterocycles. The van der Waals surface area contributed by atoms with E-state index in [1.54, 1.807) is 24.3 Å². The Kier molecular flexibility index (Phi) is 8.04. The van der Waals surface area contributed by atoms with Crippen LogP contribution in [0.5, 0.6) is 0 Å². The largest absolute Gasteiger partial charge is 0.379 e. The summed E-state index contributed by atoms with van der Waals surface area (Å²) in [4.78, 5) is 19.5. The zero-order valence-corrected chi connectivity index (χ0v) is 17.4. The van der Waals surface area contributed by atoms with Gasteiger partial charge in [-0.15, -0.1) is 0 Å². The van der Waals surface area contributed by atoms with Gasteiger partial charge in [-0.1, -0.05) is 30.7 Å². The number of carbonyl (C=O) groups excluding carboxylic acids is 1. The summed E-state index contributed by atoms with van der Waals surface area (Å²) < 4.78 is 5.38. The lowest BCUT2D eigenvalue weighted by Crippen LogP contribution is -2.39. The SMILES string of the molecule is CCc1ccc(NC(=NCCN2CCOCC2)NC(=O)c2ccc(Cl)cc2)cc1. The van der Waals surface area contributed by atoms with E-state index < -0.39 is 0 Å². The molecule has 1 fully saturated rings. The van der Waals surface area contributed by atoms with Gasteiger partial charge in [-0.2, -0.15) is 0 Å². The van der Waals surface area contributed by atoms with Crippen LogP contribution in [0.2, 0.25) is 5.02 Å². The third-order valence-electron chi connectivity index (χ3n) is 4.75. The van der Waals surface area contributed by atoms with Crippen LogP contribution >= 0.6 is 11.6 Å². The molecule has 2 aromatic carbocycles. The van der Waals surface area contributed by atoms with E-state index in [1.807, 2.05) is 12.1 Å². The zero-order valence-electron chi connectivity index (χ0n) is 16.7. The molecule has 2 N–H and O–H groups in total. The molecule has 3 rings (SSSR count). The molecular weight excluding hydrogens is 388 g/mol. The van der Waals surface area contributed by atoms with Gasteiger partial charge in [0.05, 0.1) is 19.8 Å². The van der Waals surface area contributed by atoms with Gasteiger partial charge in [0.2, 0.25) is 5.96 Å². The number of amides is 1. The smallest absolute Gasteiger partial charge is 0.257 e. The zero-order chi connectivity index (χ0) is 20.5. The van der Waals surface area contributed by atoms with Crippen molar-refractivity contribution in [2.24, 2.45) is 4.99 Å². The first-order valence-corrected chi connectivity index (χ1v) is 10.3. The maximum atomic E-state index is 12.6. The Morgan fingerprint density at radius 3 is 2.45 bits per heavy atom. The fourth-order valence-electron chi connectivity index (χ4n) is 2.98. The fourth-order valence-corrected chi connectivity index (χ4v) is 3.11. The lowest BCUT2D eigenvalue weighted by Gasteiger charge is -2.25. The first kappa shape index (κ1) is 21.3. The maximum Gasteiger partial charge on any atom is 0.257 e. The van der Waals surface area contributed by atoms with Crippen molar-refractivity contribution in [3.05, 3.63) is 64.7 Å². The predicted molar refractivity (Wildman–Crippen MR) is 118 cm³/mol. The molecule has 1 amide bonds. The number of nitrogens with one attached hydrogen (secondary N) is 2. The number of halogens is 1. The summed E-state index contributed by atoms with van der Waals surface area (Å²) in [6.45, 7) is 6.85. The molecule has 29 heavy (non-hydrogen) atoms. The quantitative estimate of drug-likeness (QED) is 0.561. The number of morpholine rings is 1. The summed E-state index contributed by atoms with van der Waals surface area (Å²) in [7, 11) is 0. The Hall–Kier alpha value is -2.41. The van der Waals surface area contributed by atoms with Crippen LogP contribution < -0.4 is 10.6 Å². The minimum atomic E-state index is -0.232. The second-order valence-electron chi connectivity index (χ2n) is 6.82. The first-order valence-electron chi connectivity index (χ1n) is 9.91. The highest BCUT2D eigenvalue weighted by Gasteiger charge is 2.12. The molecule has 0 radical (unpaired) electrons. The minimum Gasteiger partial charge on any atom is -0.379 e. The molecule has 0 unspecified atom stereocenters. The van der Waals surface area contributed by atoms with Gasteiger partial charge in [0.15, 0.2) is 0 Å². The highest BCUT2D eigenvalue weighted by molar-refractivity contribution is 6.30. The monoisotopic (exact) mass is 414 g/mol. The van der Waals surface area contributed by atoms with E-state index in [4.69, 9.17) is 16.3 Å². The second kappa shape index (κ2) is 11.0. The van der Waals surface area contributed by atoms with Crippen LogP contribution in [0, 0.1) is 0 Å². The molecule has 1 heterocycles. The third kappa shape index (κ3) is 6.85. The molecule has 1 aliphatic heterocycles. The van der Waals surface area contributed by atoms with Gasteiger partial charge in [0.1, 0.15) is 0 Å². The van der Waals surface area contributed by atoms with Crippen LogP contribution in [0.15, 0.2) is 53.5 Å². The Morgan fingerprint density at radius 1 is 1.10 bits per heavy atom. The van der Waals surface area contributed by atoms with Gasteiger partial charge in [0.25, 0.3) is 5.91 Å². The molecule has 0 saturated carbocycles. The minimum absolute atomic E-state index is 0.232. The van der Waals surface area contributed by atoms with Crippen molar-refractivity contribution in [3.8, 4) is 0 Å². The maximum absolute atomic E-state index is 12.6. The molecule has 1 aliphatic rings. The van der Waals surface area contributed by atoms with Crippen LogP contribution in [0.3, 0.4) is 0 Å². The number of nitrogens with zero attached hydrogens (tertiary/aromatic N) is 2. The van der Waals surface area contributed by atoms with E-state index in [9.17, 15) is 4.79 Å². The van der Waals surface area contributed by atoms with E-state index in [2.05, 4.69) is 39.6 Å². The van der Waals surface area contributed by atoms with Crippen LogP contribution in [-0.4, -0.2) is 56.2 Å². The van der Waals surface area contributed by atoms with Crippen LogP contribution in [0.4, 0.5) is 5.69 Å². The molecule has 0 aromatic heterocycles. The Balaban J connectivity index is 1.67. The Morgan fingerprint density at radius 2 is 1.79 bits per heavy atom. The number of guanidine groups is 1. The van der Waals surface area contributed by atoms with Gasteiger partial charge >= 0.3 is 0 Å². The molecule has 7 heteroatoms. The van der Waals surface area contributed by atoms with Crippen molar-refractivity contribution in [3.63, 3.8) is 0 Å². The van der Waals surface area contributed by atoms with E-state index >= 15 is 0 Å². The third-order valence-corrected chi connectivity index (χ3v) is 5.01. The van der Waals surface area contributed by atoms with Crippen LogP contribution in [0.1, 0.15) is 22.8 Å². The van der Waals surface area contributed by atoms with E-state index in [0.29, 0.717) is 23.1 Å². The van der Waals surface area contributed by atoms with Gasteiger partial charge in [-0.3, -0.25) is 20.0 Å². The molecule has 0 spiro atoms. The number of ether oxygens (including phenoxy) is 1. The summed E-state index contributed by atoms with van der Waals surface area (Å²) in [5.41, 5.74) is 2.66. The highest BCUT2D eigenvalue weighted by Crippen LogP contribution is 2.11. The average molecular weight is 415 g/mol. The number of rotatable bonds is 6. The Labute approximate surface area is 176 Å². The number of anilines is 1. The normalized spacial score (nSPS) is 15.2. The predicted octanol–water partition coefficient (Wildman–Crippen LogP) is 3.43. The molecule has 0 aliphatic carbocycles. The molecule has 2 aromatic rings. The fraction of sp³-hybridized carbons (Fsp3) is 0.364. The van der Waals surface area contributed by atoms with E-state index in [1.165, 1.54) is 5.56 Å². The van der Waals surface area contributed by atoms with Gasteiger partial charge in [-0.25, -0.2) is 0 Å². The summed E-state index contributed by atoms with van der Waals surface area (Å²) in [5.74, 6) is 0.201. The topological polar surface area (TPSA) is 66.0 Å². The molecular formula is C22H27ClN4O2. The van der Waals surface area contributed by atoms with Crippen molar-refractivity contribution < 1.29 is 9.53 Å². The van der Waals surface area contributed by atoms with Gasteiger partial charge in [-0.05, 0) is 48.4 Å². The highest BCUT2D eigenvalue weighted by atomic mass is 35.5. The first-order chi connectivity index (χ1) is 14.1. The summed E-state index contributed by atoms with van der Waals surface area (Å²) in [5, 5.41) is 6.70.